The molecule has 0 unspecified atom stereocenters. The van der Waals surface area contributed by atoms with E-state index in [0.717, 1.165) is 17.0 Å². The summed E-state index contributed by atoms with van der Waals surface area (Å²) in [7, 11) is 23.9. The van der Waals surface area contributed by atoms with Crippen molar-refractivity contribution in [2.75, 3.05) is 0 Å². The number of imide groups is 1. The predicted molar refractivity (Wildman–Crippen MR) is 128 cm³/mol. The zero-order valence-corrected chi connectivity index (χ0v) is 19.4. The number of fused-ring (bicyclic) bond motifs is 1. The molecule has 7 nitrogen and oxygen atoms in total. The van der Waals surface area contributed by atoms with Crippen molar-refractivity contribution in [2.24, 2.45) is 0 Å². The summed E-state index contributed by atoms with van der Waals surface area (Å²) in [5, 5.41) is -0.106. The SMILES string of the molecule is [B]N(C(=O)C(F)(F)c1ccc(Cl)cc1)C([B])([B])c1ccc2c(c1)CN([C@@]1([B])CCC(=O)NC1=O)C2=O. The molecule has 36 heavy (non-hydrogen) atoms. The van der Waals surface area contributed by atoms with Gasteiger partial charge in [-0.15, -0.1) is 0 Å². The number of carbonyl (C=O) groups is 4. The molecule has 0 aliphatic carbocycles. The van der Waals surface area contributed by atoms with Crippen molar-refractivity contribution < 1.29 is 28.0 Å². The summed E-state index contributed by atoms with van der Waals surface area (Å²) < 4.78 is 29.7. The molecule has 174 valence electrons. The average Bonchev–Trinajstić information content (AvgIpc) is 3.17. The van der Waals surface area contributed by atoms with Gasteiger partial charge in [-0.2, -0.15) is 8.78 Å². The highest BCUT2D eigenvalue weighted by atomic mass is 35.5. The Morgan fingerprint density at radius 2 is 1.69 bits per heavy atom. The first-order valence-corrected chi connectivity index (χ1v) is 11.0. The van der Waals surface area contributed by atoms with E-state index in [1.54, 1.807) is 0 Å². The molecular weight excluding hydrogens is 487 g/mol. The van der Waals surface area contributed by atoms with Crippen molar-refractivity contribution in [1.29, 1.82) is 0 Å². The Bertz CT molecular complexity index is 1290. The van der Waals surface area contributed by atoms with Gasteiger partial charge >= 0.3 is 5.92 Å². The maximum atomic E-state index is 14.9. The fourth-order valence-corrected chi connectivity index (χ4v) is 4.23. The van der Waals surface area contributed by atoms with Crippen LogP contribution in [0.1, 0.15) is 39.9 Å². The molecule has 2 aliphatic rings. The van der Waals surface area contributed by atoms with Crippen LogP contribution < -0.4 is 5.32 Å². The zero-order valence-electron chi connectivity index (χ0n) is 18.6. The van der Waals surface area contributed by atoms with E-state index in [1.807, 2.05) is 0 Å². The van der Waals surface area contributed by atoms with Crippen LogP contribution in [0.5, 0.6) is 0 Å². The normalized spacial score (nSPS) is 20.2. The molecule has 1 fully saturated rings. The maximum absolute atomic E-state index is 14.9. The fraction of sp³-hybridized carbons (Fsp3) is 0.273. The summed E-state index contributed by atoms with van der Waals surface area (Å²) in [5.74, 6) is -7.87. The zero-order chi connectivity index (χ0) is 26.6. The third kappa shape index (κ3) is 4.13. The number of hydrogen-bond donors (Lipinski definition) is 1. The topological polar surface area (TPSA) is 86.8 Å². The van der Waals surface area contributed by atoms with Gasteiger partial charge in [-0.1, -0.05) is 35.9 Å². The van der Waals surface area contributed by atoms with Gasteiger partial charge < -0.3 is 9.71 Å². The van der Waals surface area contributed by atoms with Gasteiger partial charge in [-0.3, -0.25) is 24.5 Å². The number of hydrogen-bond acceptors (Lipinski definition) is 4. The van der Waals surface area contributed by atoms with Gasteiger partial charge in [0.15, 0.2) is 0 Å². The Morgan fingerprint density at radius 1 is 1.08 bits per heavy atom. The van der Waals surface area contributed by atoms with Crippen LogP contribution in [0, 0.1) is 0 Å². The second-order valence-corrected chi connectivity index (χ2v) is 9.08. The summed E-state index contributed by atoms with van der Waals surface area (Å²) in [5.41, 5.74) is -2.03. The molecule has 1 atom stereocenters. The number of nitrogens with zero attached hydrogens (tertiary/aromatic N) is 2. The van der Waals surface area contributed by atoms with Crippen molar-refractivity contribution in [3.05, 3.63) is 69.7 Å². The molecule has 1 N–H and O–H groups in total. The molecule has 0 saturated carbocycles. The molecule has 2 heterocycles. The number of piperidine rings is 1. The number of carbonyl (C=O) groups excluding carboxylic acids is 4. The van der Waals surface area contributed by atoms with Crippen LogP contribution in [-0.2, 0) is 32.2 Å². The van der Waals surface area contributed by atoms with Gasteiger partial charge in [0.1, 0.15) is 7.85 Å². The number of nitrogens with one attached hydrogen (secondary N) is 1. The van der Waals surface area contributed by atoms with Crippen LogP contribution in [0.2, 0.25) is 5.02 Å². The smallest absolute Gasteiger partial charge is 0.348 e. The molecular formula is C22H14B4ClF2N3O4. The molecule has 1 saturated heterocycles. The fourth-order valence-electron chi connectivity index (χ4n) is 4.11. The number of alkyl halides is 2. The summed E-state index contributed by atoms with van der Waals surface area (Å²) >= 11 is 5.72. The summed E-state index contributed by atoms with van der Waals surface area (Å²) in [6, 6.07) is 8.19. The Labute approximate surface area is 215 Å². The first kappa shape index (κ1) is 26.0. The van der Waals surface area contributed by atoms with Crippen LogP contribution in [-0.4, -0.2) is 70.3 Å². The molecule has 2 aromatic carbocycles. The predicted octanol–water partition coefficient (Wildman–Crippen LogP) is 0.749. The Hall–Kier alpha value is -3.07. The standard InChI is InChI=1S/C22H14B4ClF2N3O4/c23-20(8-7-16(33)30-18(20)35)31-10-11-9-13(3-6-15(11)17(31)34)22(24,25)32(26)19(36)21(28,29)12-1-4-14(27)5-2-12/h1-6,9H,7-8,10H2,(H,30,33,35)/t20-/m0/s1. The van der Waals surface area contributed by atoms with Gasteiger partial charge in [0.05, 0.1) is 21.1 Å². The van der Waals surface area contributed by atoms with Crippen molar-refractivity contribution in [3.8, 4) is 0 Å². The van der Waals surface area contributed by atoms with E-state index in [0.29, 0.717) is 5.56 Å². The Balaban J connectivity index is 1.60. The minimum absolute atomic E-state index is 0.0164. The van der Waals surface area contributed by atoms with Crippen LogP contribution in [0.25, 0.3) is 0 Å². The number of rotatable bonds is 5. The summed E-state index contributed by atoms with van der Waals surface area (Å²) in [4.78, 5) is 50.6. The second-order valence-electron chi connectivity index (χ2n) is 8.65. The van der Waals surface area contributed by atoms with Crippen LogP contribution in [0.15, 0.2) is 42.5 Å². The molecule has 2 aliphatic heterocycles. The first-order valence-electron chi connectivity index (χ1n) is 10.6. The van der Waals surface area contributed by atoms with Crippen molar-refractivity contribution >= 4 is 66.7 Å². The van der Waals surface area contributed by atoms with Crippen molar-refractivity contribution in [1.82, 2.24) is 15.0 Å². The Morgan fingerprint density at radius 3 is 2.31 bits per heavy atom. The lowest BCUT2D eigenvalue weighted by atomic mass is 9.55. The van der Waals surface area contributed by atoms with E-state index in [1.165, 1.54) is 30.3 Å². The minimum Gasteiger partial charge on any atom is -0.398 e. The maximum Gasteiger partial charge on any atom is 0.348 e. The molecule has 8 radical (unpaired) electrons. The van der Waals surface area contributed by atoms with Gasteiger partial charge in [-0.25, -0.2) is 0 Å². The molecule has 0 spiro atoms. The van der Waals surface area contributed by atoms with Crippen molar-refractivity contribution in [3.63, 3.8) is 0 Å². The van der Waals surface area contributed by atoms with E-state index in [9.17, 15) is 28.0 Å². The molecule has 2 aromatic rings. The third-order valence-corrected chi connectivity index (χ3v) is 6.58. The van der Waals surface area contributed by atoms with E-state index < -0.39 is 45.9 Å². The average molecular weight is 501 g/mol. The van der Waals surface area contributed by atoms with E-state index in [-0.39, 0.29) is 40.3 Å². The van der Waals surface area contributed by atoms with Crippen LogP contribution in [0.4, 0.5) is 8.78 Å². The van der Waals surface area contributed by atoms with E-state index in [2.05, 4.69) is 5.32 Å². The third-order valence-electron chi connectivity index (χ3n) is 6.33. The largest absolute Gasteiger partial charge is 0.398 e. The number of halogens is 3. The highest BCUT2D eigenvalue weighted by Crippen LogP contribution is 2.37. The van der Waals surface area contributed by atoms with E-state index in [4.69, 9.17) is 43.1 Å². The van der Waals surface area contributed by atoms with Crippen LogP contribution >= 0.6 is 11.6 Å². The van der Waals surface area contributed by atoms with Crippen LogP contribution in [0.3, 0.4) is 0 Å². The lowest BCUT2D eigenvalue weighted by Crippen LogP contribution is -2.63. The molecule has 0 aromatic heterocycles. The summed E-state index contributed by atoms with van der Waals surface area (Å²) in [6.45, 7) is -0.157. The summed E-state index contributed by atoms with van der Waals surface area (Å²) in [6.07, 6.45) is -0.152. The molecule has 4 amide bonds. The van der Waals surface area contributed by atoms with Gasteiger partial charge in [0, 0.05) is 29.1 Å². The molecule has 0 bridgehead atoms. The van der Waals surface area contributed by atoms with Gasteiger partial charge in [0.2, 0.25) is 19.8 Å². The highest BCUT2D eigenvalue weighted by molar-refractivity contribution is 6.43. The number of benzene rings is 2. The van der Waals surface area contributed by atoms with E-state index >= 15 is 0 Å². The highest BCUT2D eigenvalue weighted by Gasteiger charge is 2.49. The van der Waals surface area contributed by atoms with Gasteiger partial charge in [-0.05, 0) is 41.1 Å². The second kappa shape index (κ2) is 8.80. The minimum atomic E-state index is -4.08. The lowest BCUT2D eigenvalue weighted by Gasteiger charge is -2.40. The molecule has 4 rings (SSSR count). The van der Waals surface area contributed by atoms with Gasteiger partial charge in [0.25, 0.3) is 11.8 Å². The quantitative estimate of drug-likeness (QED) is 0.485. The monoisotopic (exact) mass is 501 g/mol. The lowest BCUT2D eigenvalue weighted by molar-refractivity contribution is -0.155. The first-order chi connectivity index (χ1) is 16.7. The van der Waals surface area contributed by atoms with Crippen molar-refractivity contribution in [2.45, 2.75) is 36.1 Å². The number of amides is 4. The Kier molecular flexibility index (Phi) is 6.35. The molecule has 14 heteroatoms.